The van der Waals surface area contributed by atoms with E-state index in [9.17, 15) is 4.39 Å². The van der Waals surface area contributed by atoms with Gasteiger partial charge in [0.25, 0.3) is 0 Å². The van der Waals surface area contributed by atoms with Gasteiger partial charge >= 0.3 is 0 Å². The van der Waals surface area contributed by atoms with Gasteiger partial charge < -0.3 is 14.6 Å². The largest absolute Gasteiger partial charge is 0.381 e. The Morgan fingerprint density at radius 3 is 2.37 bits per heavy atom. The van der Waals surface area contributed by atoms with Crippen LogP contribution in [0, 0.1) is 24.0 Å². The van der Waals surface area contributed by atoms with Gasteiger partial charge in [-0.3, -0.25) is 4.90 Å². The maximum atomic E-state index is 15.0. The van der Waals surface area contributed by atoms with Gasteiger partial charge in [-0.15, -0.1) is 0 Å². The molecule has 216 valence electrons. The maximum absolute atomic E-state index is 15.0. The van der Waals surface area contributed by atoms with Crippen molar-refractivity contribution < 1.29 is 13.5 Å². The lowest BCUT2D eigenvalue weighted by Crippen LogP contribution is -2.43. The Kier molecular flexibility index (Phi) is 7.46. The first kappa shape index (κ1) is 27.7. The predicted molar refractivity (Wildman–Crippen MR) is 155 cm³/mol. The summed E-state index contributed by atoms with van der Waals surface area (Å²) in [5.41, 5.74) is 2.79. The van der Waals surface area contributed by atoms with Crippen LogP contribution in [0.3, 0.4) is 0 Å². The van der Waals surface area contributed by atoms with E-state index in [0.29, 0.717) is 28.1 Å². The third kappa shape index (κ3) is 5.42. The van der Waals surface area contributed by atoms with Crippen molar-refractivity contribution >= 4 is 22.8 Å². The van der Waals surface area contributed by atoms with Crippen molar-refractivity contribution in [1.82, 2.24) is 29.4 Å². The van der Waals surface area contributed by atoms with Gasteiger partial charge in [-0.1, -0.05) is 6.07 Å². The van der Waals surface area contributed by atoms with Crippen molar-refractivity contribution in [3.63, 3.8) is 0 Å². The first-order valence-electron chi connectivity index (χ1n) is 14.5. The number of hydrogen-bond acceptors (Lipinski definition) is 7. The molecule has 0 unspecified atom stereocenters. The molecular formula is C31H37F2N7O. The van der Waals surface area contributed by atoms with Crippen LogP contribution in [-0.4, -0.2) is 55.7 Å². The Morgan fingerprint density at radius 2 is 1.68 bits per heavy atom. The number of aryl methyl sites for hydroxylation is 1. The number of halogens is 2. The zero-order valence-corrected chi connectivity index (χ0v) is 24.1. The molecule has 41 heavy (non-hydrogen) atoms. The zero-order valence-electron chi connectivity index (χ0n) is 24.1. The average molecular weight is 562 g/mol. The molecule has 5 heterocycles. The van der Waals surface area contributed by atoms with E-state index in [4.69, 9.17) is 4.74 Å². The van der Waals surface area contributed by atoms with E-state index in [1.54, 1.807) is 6.07 Å². The van der Waals surface area contributed by atoms with Crippen molar-refractivity contribution in [2.45, 2.75) is 65.5 Å². The summed E-state index contributed by atoms with van der Waals surface area (Å²) in [5.74, 6) is 0.275. The van der Waals surface area contributed by atoms with Gasteiger partial charge in [0.1, 0.15) is 22.9 Å². The van der Waals surface area contributed by atoms with Crippen molar-refractivity contribution in [3.05, 3.63) is 59.7 Å². The SMILES string of the molecule is Cc1nc2c(F)cc(-c3nc(Nc4ccc([C@H](C)N5CCC6(CCOCC6)CC5)cn4)ncc3F)cc2n1C(C)C. The molecule has 6 rings (SSSR count). The molecule has 1 spiro atoms. The summed E-state index contributed by atoms with van der Waals surface area (Å²) in [6.07, 6.45) is 7.75. The highest BCUT2D eigenvalue weighted by atomic mass is 19.1. The fourth-order valence-electron chi connectivity index (χ4n) is 6.43. The number of aromatic nitrogens is 5. The minimum Gasteiger partial charge on any atom is -0.381 e. The van der Waals surface area contributed by atoms with Crippen LogP contribution in [0.2, 0.25) is 0 Å². The molecule has 0 radical (unpaired) electrons. The van der Waals surface area contributed by atoms with Crippen LogP contribution in [0.1, 0.15) is 69.9 Å². The number of benzene rings is 1. The summed E-state index contributed by atoms with van der Waals surface area (Å²) in [4.78, 5) is 20.0. The standard InChI is InChI=1S/C31H37F2N7O/c1-19(2)40-21(4)36-29-24(32)15-23(16-26(29)40)28-25(33)18-35-30(38-28)37-27-6-5-22(17-34-27)20(3)39-11-7-31(8-12-39)9-13-41-14-10-31/h5-6,15-20H,7-14H2,1-4H3,(H,34,35,37,38)/t20-/m0/s1. The fraction of sp³-hybridized carbons (Fsp3) is 0.484. The number of imidazole rings is 1. The van der Waals surface area contributed by atoms with Crippen molar-refractivity contribution in [2.75, 3.05) is 31.6 Å². The third-order valence-corrected chi connectivity index (χ3v) is 8.93. The molecule has 0 aliphatic carbocycles. The van der Waals surface area contributed by atoms with Crippen LogP contribution in [-0.2, 0) is 4.74 Å². The van der Waals surface area contributed by atoms with E-state index in [1.165, 1.54) is 31.7 Å². The third-order valence-electron chi connectivity index (χ3n) is 8.93. The van der Waals surface area contributed by atoms with Crippen LogP contribution >= 0.6 is 0 Å². The van der Waals surface area contributed by atoms with Crippen LogP contribution in [0.25, 0.3) is 22.3 Å². The first-order chi connectivity index (χ1) is 19.7. The summed E-state index contributed by atoms with van der Waals surface area (Å²) in [5, 5.41) is 3.07. The maximum Gasteiger partial charge on any atom is 0.229 e. The molecular weight excluding hydrogens is 524 g/mol. The van der Waals surface area contributed by atoms with Gasteiger partial charge in [0, 0.05) is 37.1 Å². The highest BCUT2D eigenvalue weighted by Crippen LogP contribution is 2.42. The van der Waals surface area contributed by atoms with Crippen LogP contribution in [0.15, 0.2) is 36.7 Å². The lowest BCUT2D eigenvalue weighted by atomic mass is 9.72. The molecule has 8 nitrogen and oxygen atoms in total. The second-order valence-corrected chi connectivity index (χ2v) is 11.8. The van der Waals surface area contributed by atoms with E-state index >= 15 is 4.39 Å². The highest BCUT2D eigenvalue weighted by molar-refractivity contribution is 5.83. The molecule has 0 saturated carbocycles. The van der Waals surface area contributed by atoms with Gasteiger partial charge in [-0.25, -0.2) is 28.7 Å². The molecule has 2 saturated heterocycles. The van der Waals surface area contributed by atoms with Crippen LogP contribution < -0.4 is 5.32 Å². The lowest BCUT2D eigenvalue weighted by molar-refractivity contribution is -0.0266. The second-order valence-electron chi connectivity index (χ2n) is 11.8. The van der Waals surface area contributed by atoms with E-state index in [2.05, 4.69) is 43.1 Å². The number of anilines is 2. The van der Waals surface area contributed by atoms with E-state index in [-0.39, 0.29) is 29.2 Å². The Balaban J connectivity index is 1.18. The summed E-state index contributed by atoms with van der Waals surface area (Å²) < 4.78 is 37.4. The Labute approximate surface area is 239 Å². The molecule has 2 aliphatic heterocycles. The van der Waals surface area contributed by atoms with Gasteiger partial charge in [-0.2, -0.15) is 0 Å². The smallest absolute Gasteiger partial charge is 0.229 e. The topological polar surface area (TPSA) is 81.0 Å². The normalized spacial score (nSPS) is 18.3. The number of likely N-dealkylation sites (tertiary alicyclic amines) is 1. The molecule has 1 atom stereocenters. The Hall–Kier alpha value is -3.50. The monoisotopic (exact) mass is 561 g/mol. The summed E-state index contributed by atoms with van der Waals surface area (Å²) in [7, 11) is 0. The van der Waals surface area contributed by atoms with E-state index in [0.717, 1.165) is 38.1 Å². The molecule has 1 N–H and O–H groups in total. The summed E-state index contributed by atoms with van der Waals surface area (Å²) in [6.45, 7) is 12.0. The number of ether oxygens (including phenoxy) is 1. The molecule has 0 bridgehead atoms. The molecule has 1 aromatic carbocycles. The Morgan fingerprint density at radius 1 is 0.927 bits per heavy atom. The quantitative estimate of drug-likeness (QED) is 0.279. The molecule has 3 aromatic heterocycles. The summed E-state index contributed by atoms with van der Waals surface area (Å²) >= 11 is 0. The average Bonchev–Trinajstić information content (AvgIpc) is 3.31. The Bertz CT molecular complexity index is 1540. The van der Waals surface area contributed by atoms with Crippen molar-refractivity contribution in [1.29, 1.82) is 0 Å². The number of hydrogen-bond donors (Lipinski definition) is 1. The predicted octanol–water partition coefficient (Wildman–Crippen LogP) is 6.75. The summed E-state index contributed by atoms with van der Waals surface area (Å²) in [6, 6.07) is 7.27. The zero-order chi connectivity index (χ0) is 28.7. The van der Waals surface area contributed by atoms with Crippen LogP contribution in [0.4, 0.5) is 20.5 Å². The number of rotatable bonds is 6. The van der Waals surface area contributed by atoms with Crippen LogP contribution in [0.5, 0.6) is 0 Å². The number of piperidine rings is 1. The number of pyridine rings is 1. The highest BCUT2D eigenvalue weighted by Gasteiger charge is 2.37. The lowest BCUT2D eigenvalue weighted by Gasteiger charge is -2.45. The number of nitrogens with zero attached hydrogens (tertiary/aromatic N) is 6. The van der Waals surface area contributed by atoms with Gasteiger partial charge in [0.15, 0.2) is 11.6 Å². The van der Waals surface area contributed by atoms with Gasteiger partial charge in [-0.05, 0) is 95.6 Å². The van der Waals surface area contributed by atoms with E-state index < -0.39 is 11.6 Å². The van der Waals surface area contributed by atoms with Gasteiger partial charge in [0.05, 0.1) is 11.7 Å². The minimum absolute atomic E-state index is 0.00935. The number of fused-ring (bicyclic) bond motifs is 1. The molecule has 10 heteroatoms. The van der Waals surface area contributed by atoms with Crippen molar-refractivity contribution in [3.8, 4) is 11.3 Å². The first-order valence-corrected chi connectivity index (χ1v) is 14.5. The number of nitrogens with one attached hydrogen (secondary N) is 1. The molecule has 2 fully saturated rings. The molecule has 4 aromatic rings. The second kappa shape index (κ2) is 11.1. The molecule has 2 aliphatic rings. The van der Waals surface area contributed by atoms with Gasteiger partial charge in [0.2, 0.25) is 5.95 Å². The fourth-order valence-corrected chi connectivity index (χ4v) is 6.43. The van der Waals surface area contributed by atoms with Crippen molar-refractivity contribution in [2.24, 2.45) is 5.41 Å². The minimum atomic E-state index is -0.636. The van der Waals surface area contributed by atoms with E-state index in [1.807, 2.05) is 37.6 Å². The molecule has 0 amide bonds.